The van der Waals surface area contributed by atoms with E-state index in [0.29, 0.717) is 0 Å². The van der Waals surface area contributed by atoms with E-state index in [1.807, 2.05) is 23.8 Å². The van der Waals surface area contributed by atoms with Gasteiger partial charge in [-0.1, -0.05) is 48.5 Å². The molecule has 0 aromatic heterocycles. The van der Waals surface area contributed by atoms with Crippen LogP contribution in [-0.4, -0.2) is 68.1 Å². The highest BCUT2D eigenvalue weighted by Gasteiger charge is 2.53. The number of aliphatic hydroxyl groups is 1. The molecule has 3 atom stereocenters. The lowest BCUT2D eigenvalue weighted by atomic mass is 9.91. The first kappa shape index (κ1) is 24.1. The fourth-order valence-electron chi connectivity index (χ4n) is 5.87. The number of benzene rings is 2. The number of fused-ring (bicyclic) bond motifs is 3. The van der Waals surface area contributed by atoms with E-state index in [9.17, 15) is 14.7 Å². The Morgan fingerprint density at radius 3 is 2.17 bits per heavy atom. The number of hydrogen-bond acceptors (Lipinski definition) is 6. The summed E-state index contributed by atoms with van der Waals surface area (Å²) in [6.45, 7) is 4.03. The van der Waals surface area contributed by atoms with Crippen LogP contribution in [0.15, 0.2) is 60.8 Å². The van der Waals surface area contributed by atoms with E-state index in [0.717, 1.165) is 25.0 Å². The van der Waals surface area contributed by atoms with E-state index in [1.54, 1.807) is 18.0 Å². The Hall–Kier alpha value is -2.61. The molecule has 0 saturated carbocycles. The Morgan fingerprint density at radius 2 is 1.60 bits per heavy atom. The van der Waals surface area contributed by atoms with Crippen molar-refractivity contribution in [1.82, 2.24) is 14.9 Å². The van der Waals surface area contributed by atoms with Gasteiger partial charge in [0.25, 0.3) is 5.91 Å². The second kappa shape index (κ2) is 9.80. The van der Waals surface area contributed by atoms with Gasteiger partial charge in [0, 0.05) is 18.3 Å². The van der Waals surface area contributed by atoms with Crippen molar-refractivity contribution in [3.8, 4) is 0 Å². The summed E-state index contributed by atoms with van der Waals surface area (Å²) in [6, 6.07) is 15.9. The number of thioether (sulfide) groups is 1. The van der Waals surface area contributed by atoms with Crippen LogP contribution < -0.4 is 0 Å². The number of ketones is 1. The zero-order chi connectivity index (χ0) is 24.7. The first-order valence-corrected chi connectivity index (χ1v) is 13.8. The average Bonchev–Trinajstić information content (AvgIpc) is 3.01. The van der Waals surface area contributed by atoms with Crippen LogP contribution in [0, 0.1) is 0 Å². The lowest BCUT2D eigenvalue weighted by Crippen LogP contribution is -2.73. The maximum atomic E-state index is 13.8. The summed E-state index contributed by atoms with van der Waals surface area (Å²) in [7, 11) is 0. The molecule has 35 heavy (non-hydrogen) atoms. The molecule has 1 N–H and O–H groups in total. The molecule has 0 radical (unpaired) electrons. The summed E-state index contributed by atoms with van der Waals surface area (Å²) in [5, 5.41) is 15.1. The normalized spacial score (nSPS) is 24.9. The third kappa shape index (κ3) is 4.09. The van der Waals surface area contributed by atoms with Gasteiger partial charge in [0.2, 0.25) is 0 Å². The molecule has 7 heteroatoms. The third-order valence-electron chi connectivity index (χ3n) is 7.43. The van der Waals surface area contributed by atoms with Gasteiger partial charge in [-0.2, -0.15) is 16.8 Å². The number of hydrazine groups is 1. The van der Waals surface area contributed by atoms with E-state index in [2.05, 4.69) is 59.8 Å². The summed E-state index contributed by atoms with van der Waals surface area (Å²) in [5.41, 5.74) is 5.00. The van der Waals surface area contributed by atoms with Crippen molar-refractivity contribution in [3.63, 3.8) is 0 Å². The van der Waals surface area contributed by atoms with Crippen LogP contribution in [-0.2, 0) is 22.4 Å². The van der Waals surface area contributed by atoms with Gasteiger partial charge < -0.3 is 10.0 Å². The van der Waals surface area contributed by atoms with Gasteiger partial charge in [-0.15, -0.1) is 0 Å². The van der Waals surface area contributed by atoms with E-state index in [1.165, 1.54) is 28.3 Å². The van der Waals surface area contributed by atoms with Crippen LogP contribution in [0.5, 0.6) is 0 Å². The lowest BCUT2D eigenvalue weighted by Gasteiger charge is -2.58. The Balaban J connectivity index is 1.76. The number of aryl methyl sites for hydroxylation is 2. The number of carbonyl (C=O) groups excluding carboxylic acids is 2. The van der Waals surface area contributed by atoms with Crippen molar-refractivity contribution >= 4 is 23.5 Å². The number of aliphatic hydroxyl groups excluding tert-OH is 1. The molecule has 1 fully saturated rings. The maximum absolute atomic E-state index is 13.8. The van der Waals surface area contributed by atoms with Crippen molar-refractivity contribution in [3.05, 3.63) is 83.1 Å². The minimum atomic E-state index is -1.39. The molecule has 3 aliphatic rings. The van der Waals surface area contributed by atoms with Crippen LogP contribution >= 0.6 is 11.8 Å². The molecule has 6 nitrogen and oxygen atoms in total. The quantitative estimate of drug-likeness (QED) is 0.690. The number of nitrogens with zero attached hydrogens (tertiary/aromatic N) is 3. The Kier molecular flexibility index (Phi) is 6.75. The molecule has 2 aliphatic heterocycles. The predicted molar refractivity (Wildman–Crippen MR) is 139 cm³/mol. The summed E-state index contributed by atoms with van der Waals surface area (Å²) >= 11 is 1.76. The van der Waals surface area contributed by atoms with Crippen LogP contribution in [0.4, 0.5) is 0 Å². The summed E-state index contributed by atoms with van der Waals surface area (Å²) in [5.74, 6) is 0.271. The summed E-state index contributed by atoms with van der Waals surface area (Å²) in [4.78, 5) is 28.2. The average molecular weight is 492 g/mol. The van der Waals surface area contributed by atoms with Crippen LogP contribution in [0.3, 0.4) is 0 Å². The molecule has 2 aromatic carbocycles. The number of carbonyl (C=O) groups is 2. The van der Waals surface area contributed by atoms with Crippen LogP contribution in [0.25, 0.3) is 0 Å². The second-order valence-corrected chi connectivity index (χ2v) is 10.8. The van der Waals surface area contributed by atoms with Gasteiger partial charge in [-0.05, 0) is 67.4 Å². The first-order chi connectivity index (χ1) is 16.9. The van der Waals surface area contributed by atoms with Crippen molar-refractivity contribution in [2.45, 2.75) is 63.5 Å². The Labute approximate surface area is 211 Å². The third-order valence-corrected chi connectivity index (χ3v) is 8.08. The minimum absolute atomic E-state index is 0.0801. The van der Waals surface area contributed by atoms with Gasteiger partial charge in [-0.3, -0.25) is 14.6 Å². The standard InChI is InChI=1S/C28H33N3O3S/c1-18(2)30-24(15-17-35-3)31(29-16-14-23(32)27(33)26(29)28(30)34)25-21-10-6-4-8-19(21)12-13-20-9-5-7-11-22(20)25/h4-11,14,16,18,24-27,33H,12-13,15,17H2,1-3H3. The largest absolute Gasteiger partial charge is 0.382 e. The maximum Gasteiger partial charge on any atom is 0.251 e. The SMILES string of the molecule is CSCCC1N(C(C)C)C(=O)C2C(O)C(=O)C=CN2N1C1c2ccccc2CCc2ccccc21. The van der Waals surface area contributed by atoms with E-state index in [-0.39, 0.29) is 24.2 Å². The molecular formula is C28H33N3O3S. The number of rotatable bonds is 5. The van der Waals surface area contributed by atoms with Crippen LogP contribution in [0.1, 0.15) is 48.6 Å². The molecule has 1 saturated heterocycles. The molecule has 2 aromatic rings. The molecule has 0 spiro atoms. The zero-order valence-electron chi connectivity index (χ0n) is 20.5. The van der Waals surface area contributed by atoms with E-state index in [4.69, 9.17) is 0 Å². The molecule has 0 bridgehead atoms. The number of hydrogen-bond donors (Lipinski definition) is 1. The van der Waals surface area contributed by atoms with Crippen molar-refractivity contribution in [2.24, 2.45) is 0 Å². The summed E-state index contributed by atoms with van der Waals surface area (Å²) < 4.78 is 0. The fraction of sp³-hybridized carbons (Fsp3) is 0.429. The van der Waals surface area contributed by atoms with Crippen molar-refractivity contribution < 1.29 is 14.7 Å². The van der Waals surface area contributed by atoms with Gasteiger partial charge >= 0.3 is 0 Å². The van der Waals surface area contributed by atoms with E-state index >= 15 is 0 Å². The molecule has 1 aliphatic carbocycles. The molecule has 2 heterocycles. The highest BCUT2D eigenvalue weighted by atomic mass is 32.2. The smallest absolute Gasteiger partial charge is 0.251 e. The molecule has 5 rings (SSSR count). The lowest BCUT2D eigenvalue weighted by molar-refractivity contribution is -0.209. The second-order valence-electron chi connectivity index (χ2n) is 9.77. The topological polar surface area (TPSA) is 64.1 Å². The predicted octanol–water partition coefficient (Wildman–Crippen LogP) is 3.55. The van der Waals surface area contributed by atoms with Crippen molar-refractivity contribution in [1.29, 1.82) is 0 Å². The fourth-order valence-corrected chi connectivity index (χ4v) is 6.32. The molecular weight excluding hydrogens is 458 g/mol. The van der Waals surface area contributed by atoms with Crippen molar-refractivity contribution in [2.75, 3.05) is 12.0 Å². The van der Waals surface area contributed by atoms with Crippen LogP contribution in [0.2, 0.25) is 0 Å². The van der Waals surface area contributed by atoms with Gasteiger partial charge in [0.15, 0.2) is 11.8 Å². The highest BCUT2D eigenvalue weighted by Crippen LogP contribution is 2.43. The van der Waals surface area contributed by atoms with Gasteiger partial charge in [0.05, 0.1) is 6.04 Å². The van der Waals surface area contributed by atoms with Gasteiger partial charge in [0.1, 0.15) is 12.3 Å². The Bertz CT molecular complexity index is 1100. The molecule has 3 unspecified atom stereocenters. The van der Waals surface area contributed by atoms with Gasteiger partial charge in [-0.25, -0.2) is 0 Å². The molecule has 1 amide bonds. The highest BCUT2D eigenvalue weighted by molar-refractivity contribution is 7.98. The first-order valence-electron chi connectivity index (χ1n) is 12.4. The molecule has 184 valence electrons. The van der Waals surface area contributed by atoms with E-state index < -0.39 is 17.9 Å². The monoisotopic (exact) mass is 491 g/mol. The Morgan fingerprint density at radius 1 is 1.00 bits per heavy atom. The zero-order valence-corrected chi connectivity index (χ0v) is 21.3. The summed E-state index contributed by atoms with van der Waals surface area (Å²) in [6.07, 6.45) is 6.24. The minimum Gasteiger partial charge on any atom is -0.382 e. The number of amides is 1.